The molecule has 0 amide bonds. The third-order valence-corrected chi connectivity index (χ3v) is 2.40. The number of aromatic nitrogens is 1. The molecule has 1 aromatic rings. The molecule has 1 aromatic heterocycles. The average Bonchev–Trinajstić information content (AvgIpc) is 2.34. The van der Waals surface area contributed by atoms with Gasteiger partial charge >= 0.3 is 0 Å². The summed E-state index contributed by atoms with van der Waals surface area (Å²) in [5, 5.41) is 13.0. The summed E-state index contributed by atoms with van der Waals surface area (Å²) in [6.45, 7) is 6.11. The Labute approximate surface area is 103 Å². The Kier molecular flexibility index (Phi) is 6.11. The highest BCUT2D eigenvalue weighted by Crippen LogP contribution is 2.03. The molecule has 4 heteroatoms. The van der Waals surface area contributed by atoms with E-state index in [0.29, 0.717) is 19.8 Å². The van der Waals surface area contributed by atoms with Crippen molar-refractivity contribution in [2.24, 2.45) is 0 Å². The number of rotatable bonds is 8. The van der Waals surface area contributed by atoms with E-state index in [-0.39, 0.29) is 0 Å². The molecule has 0 aliphatic carbocycles. The second-order valence-electron chi connectivity index (χ2n) is 4.40. The van der Waals surface area contributed by atoms with Crippen LogP contribution in [-0.4, -0.2) is 42.0 Å². The Balaban J connectivity index is 2.15. The fourth-order valence-electron chi connectivity index (χ4n) is 1.46. The first-order valence-corrected chi connectivity index (χ1v) is 6.05. The van der Waals surface area contributed by atoms with Crippen molar-refractivity contribution in [3.8, 4) is 0 Å². The van der Waals surface area contributed by atoms with Gasteiger partial charge in [-0.1, -0.05) is 13.0 Å². The predicted molar refractivity (Wildman–Crippen MR) is 67.9 cm³/mol. The van der Waals surface area contributed by atoms with Crippen LogP contribution in [0.1, 0.15) is 19.5 Å². The summed E-state index contributed by atoms with van der Waals surface area (Å²) in [6.07, 6.45) is 2.55. The molecule has 0 aliphatic heterocycles. The highest BCUT2D eigenvalue weighted by molar-refractivity contribution is 5.03. The highest BCUT2D eigenvalue weighted by Gasteiger charge is 2.19. The van der Waals surface area contributed by atoms with Crippen molar-refractivity contribution in [1.82, 2.24) is 10.3 Å². The highest BCUT2D eigenvalue weighted by atomic mass is 16.5. The van der Waals surface area contributed by atoms with Crippen LogP contribution in [0.4, 0.5) is 0 Å². The normalized spacial score (nSPS) is 14.5. The van der Waals surface area contributed by atoms with Gasteiger partial charge in [-0.25, -0.2) is 0 Å². The molecule has 4 nitrogen and oxygen atoms in total. The van der Waals surface area contributed by atoms with Gasteiger partial charge in [0.05, 0.1) is 18.8 Å². The summed E-state index contributed by atoms with van der Waals surface area (Å²) in [5.41, 5.74) is 0.207. The van der Waals surface area contributed by atoms with Gasteiger partial charge in [-0.3, -0.25) is 4.98 Å². The lowest BCUT2D eigenvalue weighted by atomic mass is 10.1. The Morgan fingerprint density at radius 2 is 2.29 bits per heavy atom. The molecule has 1 unspecified atom stereocenters. The zero-order valence-corrected chi connectivity index (χ0v) is 10.6. The molecule has 1 atom stereocenters. The average molecular weight is 238 g/mol. The van der Waals surface area contributed by atoms with Gasteiger partial charge in [0, 0.05) is 24.9 Å². The van der Waals surface area contributed by atoms with Gasteiger partial charge in [-0.05, 0) is 25.6 Å². The molecule has 2 N–H and O–H groups in total. The zero-order chi connectivity index (χ0) is 12.6. The molecule has 0 aromatic carbocycles. The van der Waals surface area contributed by atoms with Gasteiger partial charge < -0.3 is 15.2 Å². The van der Waals surface area contributed by atoms with Crippen molar-refractivity contribution in [2.45, 2.75) is 25.9 Å². The topological polar surface area (TPSA) is 54.4 Å². The number of ether oxygens (including phenoxy) is 1. The van der Waals surface area contributed by atoms with Crippen molar-refractivity contribution in [2.75, 3.05) is 26.3 Å². The van der Waals surface area contributed by atoms with Crippen LogP contribution in [0.3, 0.4) is 0 Å². The van der Waals surface area contributed by atoms with Crippen molar-refractivity contribution >= 4 is 0 Å². The number of nitrogens with zero attached hydrogens (tertiary/aromatic N) is 1. The van der Waals surface area contributed by atoms with Crippen molar-refractivity contribution in [3.63, 3.8) is 0 Å². The van der Waals surface area contributed by atoms with Crippen LogP contribution in [-0.2, 0) is 11.2 Å². The molecule has 0 aliphatic rings. The van der Waals surface area contributed by atoms with Crippen molar-refractivity contribution in [1.29, 1.82) is 0 Å². The minimum atomic E-state index is -0.805. The van der Waals surface area contributed by atoms with Crippen LogP contribution in [0.5, 0.6) is 0 Å². The van der Waals surface area contributed by atoms with E-state index < -0.39 is 5.60 Å². The fourth-order valence-corrected chi connectivity index (χ4v) is 1.46. The van der Waals surface area contributed by atoms with Gasteiger partial charge in [0.25, 0.3) is 0 Å². The molecule has 0 radical (unpaired) electrons. The van der Waals surface area contributed by atoms with Gasteiger partial charge in [0.1, 0.15) is 0 Å². The Morgan fingerprint density at radius 1 is 1.47 bits per heavy atom. The summed E-state index contributed by atoms with van der Waals surface area (Å²) in [4.78, 5) is 4.21. The molecule has 0 fully saturated rings. The van der Waals surface area contributed by atoms with Gasteiger partial charge in [0.15, 0.2) is 0 Å². The number of nitrogens with one attached hydrogen (secondary N) is 1. The monoisotopic (exact) mass is 238 g/mol. The molecule has 1 heterocycles. The van der Waals surface area contributed by atoms with Crippen molar-refractivity contribution in [3.05, 3.63) is 30.1 Å². The minimum Gasteiger partial charge on any atom is -0.386 e. The molecular weight excluding hydrogens is 216 g/mol. The zero-order valence-electron chi connectivity index (χ0n) is 10.6. The maximum absolute atomic E-state index is 9.94. The maximum atomic E-state index is 9.94. The van der Waals surface area contributed by atoms with E-state index in [0.717, 1.165) is 18.7 Å². The van der Waals surface area contributed by atoms with Crippen LogP contribution in [0, 0.1) is 0 Å². The third kappa shape index (κ3) is 6.36. The van der Waals surface area contributed by atoms with E-state index in [9.17, 15) is 5.11 Å². The van der Waals surface area contributed by atoms with Crippen LogP contribution in [0.25, 0.3) is 0 Å². The van der Waals surface area contributed by atoms with Gasteiger partial charge in [-0.15, -0.1) is 0 Å². The first-order chi connectivity index (χ1) is 8.14. The summed E-state index contributed by atoms with van der Waals surface area (Å²) in [7, 11) is 0. The van der Waals surface area contributed by atoms with E-state index >= 15 is 0 Å². The molecule has 17 heavy (non-hydrogen) atoms. The van der Waals surface area contributed by atoms with Crippen molar-refractivity contribution < 1.29 is 9.84 Å². The fraction of sp³-hybridized carbons (Fsp3) is 0.615. The molecule has 0 spiro atoms. The third-order valence-electron chi connectivity index (χ3n) is 2.40. The summed E-state index contributed by atoms with van der Waals surface area (Å²) < 4.78 is 5.47. The number of aliphatic hydroxyl groups is 1. The Hall–Kier alpha value is -0.970. The molecule has 0 bridgehead atoms. The number of hydrogen-bond donors (Lipinski definition) is 2. The number of likely N-dealkylation sites (N-methyl/N-ethyl adjacent to an activating group) is 1. The SMILES string of the molecule is CCNCC(C)(O)COCCc1ccccn1. The van der Waals surface area contributed by atoms with E-state index in [1.807, 2.05) is 25.1 Å². The second-order valence-corrected chi connectivity index (χ2v) is 4.40. The van der Waals surface area contributed by atoms with Crippen LogP contribution in [0.2, 0.25) is 0 Å². The first-order valence-electron chi connectivity index (χ1n) is 6.05. The maximum Gasteiger partial charge on any atom is 0.0975 e. The summed E-state index contributed by atoms with van der Waals surface area (Å²) in [5.74, 6) is 0. The number of pyridine rings is 1. The Morgan fingerprint density at radius 3 is 2.94 bits per heavy atom. The lowest BCUT2D eigenvalue weighted by molar-refractivity contribution is -0.0313. The summed E-state index contributed by atoms with van der Waals surface area (Å²) >= 11 is 0. The van der Waals surface area contributed by atoms with Crippen LogP contribution in [0.15, 0.2) is 24.4 Å². The predicted octanol–water partition coefficient (Wildman–Crippen LogP) is 1.00. The van der Waals surface area contributed by atoms with Crippen LogP contribution < -0.4 is 5.32 Å². The largest absolute Gasteiger partial charge is 0.386 e. The Bertz CT molecular complexity index is 302. The quantitative estimate of drug-likeness (QED) is 0.663. The summed E-state index contributed by atoms with van der Waals surface area (Å²) in [6, 6.07) is 5.83. The molecular formula is C13H22N2O2. The molecule has 0 saturated carbocycles. The van der Waals surface area contributed by atoms with E-state index in [4.69, 9.17) is 4.74 Å². The standard InChI is InChI=1S/C13H22N2O2/c1-3-14-10-13(2,16)11-17-9-7-12-6-4-5-8-15-12/h4-6,8,14,16H,3,7,9-11H2,1-2H3. The lowest BCUT2D eigenvalue weighted by Gasteiger charge is -2.23. The van der Waals surface area contributed by atoms with Gasteiger partial charge in [-0.2, -0.15) is 0 Å². The lowest BCUT2D eigenvalue weighted by Crippen LogP contribution is -2.42. The molecule has 96 valence electrons. The van der Waals surface area contributed by atoms with E-state index in [1.165, 1.54) is 0 Å². The molecule has 1 rings (SSSR count). The smallest absolute Gasteiger partial charge is 0.0975 e. The van der Waals surface area contributed by atoms with E-state index in [1.54, 1.807) is 13.1 Å². The van der Waals surface area contributed by atoms with Gasteiger partial charge in [0.2, 0.25) is 0 Å². The van der Waals surface area contributed by atoms with Crippen LogP contribution >= 0.6 is 0 Å². The van der Waals surface area contributed by atoms with E-state index in [2.05, 4.69) is 10.3 Å². The first kappa shape index (κ1) is 14.1. The number of hydrogen-bond acceptors (Lipinski definition) is 4. The molecule has 0 saturated heterocycles. The second kappa shape index (κ2) is 7.37. The minimum absolute atomic E-state index is 0.340.